The molecular weight excluding hydrogens is 210 g/mol. The Hall–Kier alpha value is -1.09. The molecule has 0 aliphatic rings. The number of aryl methyl sites for hydroxylation is 1. The van der Waals surface area contributed by atoms with Gasteiger partial charge in [0.15, 0.2) is 0 Å². The SMILES string of the molecule is CCn1nccc1C(C)=CCCNCC(C)C. The molecule has 0 amide bonds. The van der Waals surface area contributed by atoms with Gasteiger partial charge in [0.05, 0.1) is 5.69 Å². The van der Waals surface area contributed by atoms with Gasteiger partial charge >= 0.3 is 0 Å². The monoisotopic (exact) mass is 235 g/mol. The van der Waals surface area contributed by atoms with E-state index in [-0.39, 0.29) is 0 Å². The van der Waals surface area contributed by atoms with Gasteiger partial charge in [-0.05, 0) is 50.9 Å². The van der Waals surface area contributed by atoms with Crippen LogP contribution in [0.1, 0.15) is 39.8 Å². The molecule has 1 rings (SSSR count). The first-order valence-electron chi connectivity index (χ1n) is 6.54. The van der Waals surface area contributed by atoms with Crippen molar-refractivity contribution >= 4 is 5.57 Å². The summed E-state index contributed by atoms with van der Waals surface area (Å²) in [6, 6.07) is 2.08. The first-order valence-corrected chi connectivity index (χ1v) is 6.54. The maximum absolute atomic E-state index is 4.28. The standard InChI is InChI=1S/C14H25N3/c1-5-17-14(8-10-16-17)13(4)7-6-9-15-11-12(2)3/h7-8,10,12,15H,5-6,9,11H2,1-4H3. The van der Waals surface area contributed by atoms with Crippen LogP contribution >= 0.6 is 0 Å². The highest BCUT2D eigenvalue weighted by atomic mass is 15.3. The molecule has 0 unspecified atom stereocenters. The summed E-state index contributed by atoms with van der Waals surface area (Å²) in [4.78, 5) is 0. The minimum atomic E-state index is 0.724. The van der Waals surface area contributed by atoms with E-state index in [2.05, 4.69) is 50.3 Å². The molecule has 0 radical (unpaired) electrons. The zero-order chi connectivity index (χ0) is 12.7. The zero-order valence-electron chi connectivity index (χ0n) is 11.5. The van der Waals surface area contributed by atoms with Crippen molar-refractivity contribution in [2.45, 2.75) is 40.7 Å². The maximum atomic E-state index is 4.28. The topological polar surface area (TPSA) is 29.9 Å². The van der Waals surface area contributed by atoms with E-state index in [1.54, 1.807) is 0 Å². The van der Waals surface area contributed by atoms with Gasteiger partial charge in [0, 0.05) is 12.7 Å². The van der Waals surface area contributed by atoms with Crippen LogP contribution in [0.15, 0.2) is 18.3 Å². The minimum absolute atomic E-state index is 0.724. The maximum Gasteiger partial charge on any atom is 0.0635 e. The zero-order valence-corrected chi connectivity index (χ0v) is 11.5. The quantitative estimate of drug-likeness (QED) is 0.736. The van der Waals surface area contributed by atoms with Crippen molar-refractivity contribution in [3.05, 3.63) is 24.0 Å². The molecule has 0 saturated carbocycles. The summed E-state index contributed by atoms with van der Waals surface area (Å²) in [6.07, 6.45) is 5.23. The third-order valence-corrected chi connectivity index (χ3v) is 2.74. The van der Waals surface area contributed by atoms with Crippen LogP contribution in [-0.4, -0.2) is 22.9 Å². The third-order valence-electron chi connectivity index (χ3n) is 2.74. The van der Waals surface area contributed by atoms with E-state index in [1.165, 1.54) is 11.3 Å². The summed E-state index contributed by atoms with van der Waals surface area (Å²) < 4.78 is 2.04. The van der Waals surface area contributed by atoms with Crippen LogP contribution in [-0.2, 0) is 6.54 Å². The average Bonchev–Trinajstić information content (AvgIpc) is 2.75. The van der Waals surface area contributed by atoms with Crippen LogP contribution in [0.5, 0.6) is 0 Å². The Bertz CT molecular complexity index is 350. The summed E-state index contributed by atoms with van der Waals surface area (Å²) >= 11 is 0. The fourth-order valence-electron chi connectivity index (χ4n) is 1.81. The van der Waals surface area contributed by atoms with Crippen molar-refractivity contribution in [2.75, 3.05) is 13.1 Å². The minimum Gasteiger partial charge on any atom is -0.316 e. The summed E-state index contributed by atoms with van der Waals surface area (Å²) in [6.45, 7) is 11.8. The molecule has 1 aromatic rings. The molecule has 0 aromatic carbocycles. The Labute approximate surface area is 105 Å². The van der Waals surface area contributed by atoms with Gasteiger partial charge in [-0.1, -0.05) is 19.9 Å². The molecule has 1 heterocycles. The van der Waals surface area contributed by atoms with E-state index in [9.17, 15) is 0 Å². The predicted molar refractivity (Wildman–Crippen MR) is 73.9 cm³/mol. The number of nitrogens with zero attached hydrogens (tertiary/aromatic N) is 2. The predicted octanol–water partition coefficient (Wildman–Crippen LogP) is 2.94. The van der Waals surface area contributed by atoms with E-state index in [4.69, 9.17) is 0 Å². The molecule has 1 N–H and O–H groups in total. The number of hydrogen-bond acceptors (Lipinski definition) is 2. The summed E-state index contributed by atoms with van der Waals surface area (Å²) in [5, 5.41) is 7.73. The Balaban J connectivity index is 2.39. The van der Waals surface area contributed by atoms with E-state index >= 15 is 0 Å². The van der Waals surface area contributed by atoms with E-state index in [0.717, 1.165) is 32.0 Å². The molecule has 3 nitrogen and oxygen atoms in total. The van der Waals surface area contributed by atoms with Crippen molar-refractivity contribution in [3.8, 4) is 0 Å². The molecule has 0 atom stereocenters. The summed E-state index contributed by atoms with van der Waals surface area (Å²) in [7, 11) is 0. The van der Waals surface area contributed by atoms with Gasteiger partial charge in [-0.15, -0.1) is 0 Å². The van der Waals surface area contributed by atoms with Gasteiger partial charge in [-0.2, -0.15) is 5.10 Å². The lowest BCUT2D eigenvalue weighted by Crippen LogP contribution is -2.20. The number of aromatic nitrogens is 2. The second kappa shape index (κ2) is 7.28. The summed E-state index contributed by atoms with van der Waals surface area (Å²) in [5.74, 6) is 0.724. The van der Waals surface area contributed by atoms with Gasteiger partial charge in [0.25, 0.3) is 0 Å². The van der Waals surface area contributed by atoms with Crippen LogP contribution in [0.4, 0.5) is 0 Å². The molecule has 1 aromatic heterocycles. The van der Waals surface area contributed by atoms with Gasteiger partial charge in [-0.25, -0.2) is 0 Å². The van der Waals surface area contributed by atoms with Crippen molar-refractivity contribution < 1.29 is 0 Å². The van der Waals surface area contributed by atoms with Crippen LogP contribution in [0.3, 0.4) is 0 Å². The van der Waals surface area contributed by atoms with Crippen molar-refractivity contribution in [1.29, 1.82) is 0 Å². The molecule has 17 heavy (non-hydrogen) atoms. The number of rotatable bonds is 7. The smallest absolute Gasteiger partial charge is 0.0635 e. The summed E-state index contributed by atoms with van der Waals surface area (Å²) in [5.41, 5.74) is 2.55. The second-order valence-corrected chi connectivity index (χ2v) is 4.81. The fourth-order valence-corrected chi connectivity index (χ4v) is 1.81. The Morgan fingerprint density at radius 3 is 2.94 bits per heavy atom. The molecule has 0 aliphatic heterocycles. The Morgan fingerprint density at radius 1 is 1.53 bits per heavy atom. The highest BCUT2D eigenvalue weighted by Crippen LogP contribution is 2.13. The molecule has 0 spiro atoms. The van der Waals surface area contributed by atoms with Crippen molar-refractivity contribution in [2.24, 2.45) is 5.92 Å². The Morgan fingerprint density at radius 2 is 2.29 bits per heavy atom. The van der Waals surface area contributed by atoms with Crippen molar-refractivity contribution in [1.82, 2.24) is 15.1 Å². The van der Waals surface area contributed by atoms with Crippen LogP contribution < -0.4 is 5.32 Å². The van der Waals surface area contributed by atoms with Gasteiger partial charge < -0.3 is 5.32 Å². The van der Waals surface area contributed by atoms with Crippen molar-refractivity contribution in [3.63, 3.8) is 0 Å². The third kappa shape index (κ3) is 4.73. The number of nitrogens with one attached hydrogen (secondary N) is 1. The fraction of sp³-hybridized carbons (Fsp3) is 0.643. The number of allylic oxidation sites excluding steroid dienone is 1. The largest absolute Gasteiger partial charge is 0.316 e. The first kappa shape index (κ1) is 14.0. The molecular formula is C14H25N3. The lowest BCUT2D eigenvalue weighted by molar-refractivity contribution is 0.557. The molecule has 0 fully saturated rings. The molecule has 96 valence electrons. The second-order valence-electron chi connectivity index (χ2n) is 4.81. The van der Waals surface area contributed by atoms with E-state index in [1.807, 2.05) is 10.9 Å². The lowest BCUT2D eigenvalue weighted by Gasteiger charge is -2.07. The molecule has 0 bridgehead atoms. The van der Waals surface area contributed by atoms with Crippen LogP contribution in [0, 0.1) is 5.92 Å². The van der Waals surface area contributed by atoms with Gasteiger partial charge in [0.2, 0.25) is 0 Å². The highest BCUT2D eigenvalue weighted by Gasteiger charge is 2.01. The van der Waals surface area contributed by atoms with Gasteiger partial charge in [-0.3, -0.25) is 4.68 Å². The number of hydrogen-bond donors (Lipinski definition) is 1. The molecule has 0 saturated heterocycles. The highest BCUT2D eigenvalue weighted by molar-refractivity contribution is 5.60. The lowest BCUT2D eigenvalue weighted by atomic mass is 10.1. The Kier molecular flexibility index (Phi) is 5.98. The normalized spacial score (nSPS) is 12.4. The molecule has 3 heteroatoms. The average molecular weight is 235 g/mol. The van der Waals surface area contributed by atoms with Gasteiger partial charge in [0.1, 0.15) is 0 Å². The van der Waals surface area contributed by atoms with Crippen LogP contribution in [0.2, 0.25) is 0 Å². The van der Waals surface area contributed by atoms with E-state index < -0.39 is 0 Å². The molecule has 0 aliphatic carbocycles. The first-order chi connectivity index (χ1) is 8.15. The van der Waals surface area contributed by atoms with Crippen LogP contribution in [0.25, 0.3) is 5.57 Å². The van der Waals surface area contributed by atoms with E-state index in [0.29, 0.717) is 0 Å².